The van der Waals surface area contributed by atoms with Crippen molar-refractivity contribution >= 4 is 5.78 Å². The highest BCUT2D eigenvalue weighted by Gasteiger charge is 2.70. The molecule has 2 N–H and O–H groups in total. The average molecular weight is 222 g/mol. The second-order valence-electron chi connectivity index (χ2n) is 6.44. The van der Waals surface area contributed by atoms with Gasteiger partial charge in [0.1, 0.15) is 0 Å². The fourth-order valence-electron chi connectivity index (χ4n) is 3.50. The largest absolute Gasteiger partial charge is 0.326 e. The number of hydrogen-bond donors (Lipinski definition) is 1. The zero-order chi connectivity index (χ0) is 11.7. The van der Waals surface area contributed by atoms with Gasteiger partial charge >= 0.3 is 0 Å². The highest BCUT2D eigenvalue weighted by Crippen LogP contribution is 2.64. The lowest BCUT2D eigenvalue weighted by atomic mass is 9.77. The molecular formula is C13H22N2O. The number of rotatable bonds is 3. The molecule has 3 rings (SSSR count). The van der Waals surface area contributed by atoms with Gasteiger partial charge in [-0.2, -0.15) is 0 Å². The predicted molar refractivity (Wildman–Crippen MR) is 62.9 cm³/mol. The van der Waals surface area contributed by atoms with E-state index in [1.807, 2.05) is 13.8 Å². The standard InChI is InChI=1S/C13H22N2O/c1-7(2)11(16)12-13(5-8(13)3)6-15(12)10-4-9(10)14/h7-10,12H,4-6,14H2,1-3H3. The van der Waals surface area contributed by atoms with Gasteiger partial charge in [-0.1, -0.05) is 20.8 Å². The van der Waals surface area contributed by atoms with Crippen LogP contribution < -0.4 is 5.73 Å². The first kappa shape index (κ1) is 10.7. The van der Waals surface area contributed by atoms with Crippen LogP contribution in [0.2, 0.25) is 0 Å². The van der Waals surface area contributed by atoms with Crippen molar-refractivity contribution in [2.45, 2.75) is 51.7 Å². The molecule has 1 spiro atoms. The minimum Gasteiger partial charge on any atom is -0.326 e. The van der Waals surface area contributed by atoms with Crippen molar-refractivity contribution in [3.05, 3.63) is 0 Å². The molecule has 0 bridgehead atoms. The topological polar surface area (TPSA) is 46.3 Å². The molecule has 0 aromatic rings. The van der Waals surface area contributed by atoms with Gasteiger partial charge in [0.05, 0.1) is 6.04 Å². The van der Waals surface area contributed by atoms with Gasteiger partial charge in [-0.15, -0.1) is 0 Å². The quantitative estimate of drug-likeness (QED) is 0.775. The Morgan fingerprint density at radius 1 is 1.50 bits per heavy atom. The van der Waals surface area contributed by atoms with Crippen molar-refractivity contribution < 1.29 is 4.79 Å². The highest BCUT2D eigenvalue weighted by atomic mass is 16.1. The van der Waals surface area contributed by atoms with E-state index in [4.69, 9.17) is 5.73 Å². The molecule has 16 heavy (non-hydrogen) atoms. The zero-order valence-corrected chi connectivity index (χ0v) is 10.4. The number of likely N-dealkylation sites (tertiary alicyclic amines) is 1. The average Bonchev–Trinajstić information content (AvgIpc) is 3.02. The molecule has 1 heterocycles. The van der Waals surface area contributed by atoms with Crippen LogP contribution in [-0.2, 0) is 4.79 Å². The number of nitrogens with two attached hydrogens (primary N) is 1. The van der Waals surface area contributed by atoms with Crippen molar-refractivity contribution in [1.29, 1.82) is 0 Å². The van der Waals surface area contributed by atoms with Crippen LogP contribution in [0.3, 0.4) is 0 Å². The van der Waals surface area contributed by atoms with Crippen molar-refractivity contribution in [3.8, 4) is 0 Å². The third-order valence-corrected chi connectivity index (χ3v) is 4.93. The minimum absolute atomic E-state index is 0.160. The third kappa shape index (κ3) is 1.25. The fourth-order valence-corrected chi connectivity index (χ4v) is 3.50. The molecule has 0 aromatic carbocycles. The molecule has 0 amide bonds. The molecule has 5 unspecified atom stereocenters. The number of nitrogens with zero attached hydrogens (tertiary/aromatic N) is 1. The summed E-state index contributed by atoms with van der Waals surface area (Å²) in [6, 6.07) is 1.03. The van der Waals surface area contributed by atoms with Crippen LogP contribution >= 0.6 is 0 Å². The monoisotopic (exact) mass is 222 g/mol. The third-order valence-electron chi connectivity index (χ3n) is 4.93. The Morgan fingerprint density at radius 3 is 2.44 bits per heavy atom. The number of ketones is 1. The second-order valence-corrected chi connectivity index (χ2v) is 6.44. The lowest BCUT2D eigenvalue weighted by Crippen LogP contribution is -2.64. The summed E-state index contributed by atoms with van der Waals surface area (Å²) in [5.74, 6) is 1.34. The van der Waals surface area contributed by atoms with E-state index in [2.05, 4.69) is 11.8 Å². The van der Waals surface area contributed by atoms with Crippen molar-refractivity contribution in [1.82, 2.24) is 4.90 Å². The van der Waals surface area contributed by atoms with Gasteiger partial charge in [-0.3, -0.25) is 9.69 Å². The van der Waals surface area contributed by atoms with Crippen LogP contribution in [0.25, 0.3) is 0 Å². The summed E-state index contributed by atoms with van der Waals surface area (Å²) in [4.78, 5) is 14.7. The molecule has 0 aromatic heterocycles. The Balaban J connectivity index is 1.77. The Hall–Kier alpha value is -0.410. The van der Waals surface area contributed by atoms with Crippen LogP contribution in [0, 0.1) is 17.3 Å². The van der Waals surface area contributed by atoms with Crippen molar-refractivity contribution in [3.63, 3.8) is 0 Å². The van der Waals surface area contributed by atoms with E-state index in [0.717, 1.165) is 18.9 Å². The lowest BCUT2D eigenvalue weighted by molar-refractivity contribution is -0.140. The number of carbonyl (C=O) groups excluding carboxylic acids is 1. The van der Waals surface area contributed by atoms with E-state index >= 15 is 0 Å². The van der Waals surface area contributed by atoms with Crippen molar-refractivity contribution in [2.75, 3.05) is 6.54 Å². The van der Waals surface area contributed by atoms with Crippen LogP contribution in [0.15, 0.2) is 0 Å². The number of hydrogen-bond acceptors (Lipinski definition) is 3. The SMILES string of the molecule is CC(C)C(=O)C1N(C2CC2N)CC12CC2C. The molecule has 1 aliphatic heterocycles. The first-order valence-electron chi connectivity index (χ1n) is 6.52. The summed E-state index contributed by atoms with van der Waals surface area (Å²) in [7, 11) is 0. The maximum absolute atomic E-state index is 12.3. The summed E-state index contributed by atoms with van der Waals surface area (Å²) < 4.78 is 0. The van der Waals surface area contributed by atoms with E-state index < -0.39 is 0 Å². The van der Waals surface area contributed by atoms with Crippen LogP contribution in [0.5, 0.6) is 0 Å². The summed E-state index contributed by atoms with van der Waals surface area (Å²) in [6.07, 6.45) is 2.33. The molecule has 2 aliphatic carbocycles. The molecule has 3 fully saturated rings. The molecule has 2 saturated carbocycles. The Kier molecular flexibility index (Phi) is 2.06. The van der Waals surface area contributed by atoms with E-state index in [9.17, 15) is 4.79 Å². The van der Waals surface area contributed by atoms with Gasteiger partial charge in [0.2, 0.25) is 0 Å². The maximum atomic E-state index is 12.3. The van der Waals surface area contributed by atoms with Crippen molar-refractivity contribution in [2.24, 2.45) is 23.0 Å². The highest BCUT2D eigenvalue weighted by molar-refractivity contribution is 5.88. The number of Topliss-reactive ketones (excluding diaryl/α,β-unsaturated/α-hetero) is 1. The molecule has 1 saturated heterocycles. The lowest BCUT2D eigenvalue weighted by Gasteiger charge is -2.50. The molecule has 3 aliphatic rings. The second kappa shape index (κ2) is 3.08. The summed E-state index contributed by atoms with van der Waals surface area (Å²) in [5, 5.41) is 0. The fraction of sp³-hybridized carbons (Fsp3) is 0.923. The van der Waals surface area contributed by atoms with Gasteiger partial charge in [-0.05, 0) is 18.8 Å². The zero-order valence-electron chi connectivity index (χ0n) is 10.4. The first-order chi connectivity index (χ1) is 7.47. The molecule has 0 radical (unpaired) electrons. The summed E-state index contributed by atoms with van der Waals surface area (Å²) in [6.45, 7) is 7.44. The Morgan fingerprint density at radius 2 is 2.06 bits per heavy atom. The number of carbonyl (C=O) groups is 1. The van der Waals surface area contributed by atoms with Gasteiger partial charge in [0.15, 0.2) is 5.78 Å². The minimum atomic E-state index is 0.160. The predicted octanol–water partition coefficient (Wildman–Crippen LogP) is 1.02. The van der Waals surface area contributed by atoms with Gasteiger partial charge < -0.3 is 5.73 Å². The molecular weight excluding hydrogens is 200 g/mol. The molecule has 5 atom stereocenters. The summed E-state index contributed by atoms with van der Waals surface area (Å²) in [5.41, 5.74) is 6.26. The van der Waals surface area contributed by atoms with E-state index in [0.29, 0.717) is 23.3 Å². The van der Waals surface area contributed by atoms with E-state index in [1.54, 1.807) is 0 Å². The van der Waals surface area contributed by atoms with Gasteiger partial charge in [0, 0.05) is 30.0 Å². The van der Waals surface area contributed by atoms with E-state index in [-0.39, 0.29) is 12.0 Å². The Labute approximate surface area is 97.4 Å². The van der Waals surface area contributed by atoms with Gasteiger partial charge in [0.25, 0.3) is 0 Å². The Bertz CT molecular complexity index is 341. The molecule has 90 valence electrons. The molecule has 3 heteroatoms. The first-order valence-corrected chi connectivity index (χ1v) is 6.52. The van der Waals surface area contributed by atoms with E-state index in [1.165, 1.54) is 6.42 Å². The normalized spacial score (nSPS) is 50.6. The van der Waals surface area contributed by atoms with Crippen LogP contribution in [-0.4, -0.2) is 35.4 Å². The van der Waals surface area contributed by atoms with Crippen LogP contribution in [0.1, 0.15) is 33.6 Å². The smallest absolute Gasteiger partial charge is 0.153 e. The molecule has 3 nitrogen and oxygen atoms in total. The van der Waals surface area contributed by atoms with Gasteiger partial charge in [-0.25, -0.2) is 0 Å². The van der Waals surface area contributed by atoms with Crippen LogP contribution in [0.4, 0.5) is 0 Å². The summed E-state index contributed by atoms with van der Waals surface area (Å²) >= 11 is 0. The maximum Gasteiger partial charge on any atom is 0.153 e.